The van der Waals surface area contributed by atoms with E-state index in [2.05, 4.69) is 10.5 Å². The summed E-state index contributed by atoms with van der Waals surface area (Å²) < 4.78 is 4.99. The molecule has 2 N–H and O–H groups in total. The van der Waals surface area contributed by atoms with E-state index in [4.69, 9.17) is 4.52 Å². The van der Waals surface area contributed by atoms with Crippen molar-refractivity contribution in [3.8, 4) is 11.1 Å². The minimum absolute atomic E-state index is 0.230. The van der Waals surface area contributed by atoms with E-state index < -0.39 is 11.5 Å². The lowest BCUT2D eigenvalue weighted by atomic mass is 10.1. The van der Waals surface area contributed by atoms with E-state index in [1.807, 2.05) is 30.3 Å². The summed E-state index contributed by atoms with van der Waals surface area (Å²) >= 11 is 0. The lowest BCUT2D eigenvalue weighted by Gasteiger charge is -2.15. The number of rotatable bonds is 3. The molecule has 0 aliphatic heterocycles. The number of nitrogens with zero attached hydrogens (tertiary/aromatic N) is 1. The van der Waals surface area contributed by atoms with Gasteiger partial charge in [-0.1, -0.05) is 35.5 Å². The molecule has 0 radical (unpaired) electrons. The molecule has 1 aromatic heterocycles. The zero-order chi connectivity index (χ0) is 13.2. The molecular weight excluding hydrogens is 232 g/mol. The first-order chi connectivity index (χ1) is 8.48. The maximum absolute atomic E-state index is 11.7. The fourth-order valence-corrected chi connectivity index (χ4v) is 1.41. The molecule has 1 aromatic carbocycles. The molecule has 2 aromatic rings. The van der Waals surface area contributed by atoms with Gasteiger partial charge in [-0.05, 0) is 19.4 Å². The zero-order valence-corrected chi connectivity index (χ0v) is 10.2. The maximum Gasteiger partial charge on any atom is 0.258 e. The van der Waals surface area contributed by atoms with Crippen molar-refractivity contribution in [2.24, 2.45) is 0 Å². The molecule has 0 aliphatic rings. The smallest absolute Gasteiger partial charge is 0.258 e. The Bertz CT molecular complexity index is 541. The average Bonchev–Trinajstić information content (AvgIpc) is 2.77. The van der Waals surface area contributed by atoms with Gasteiger partial charge < -0.3 is 9.63 Å². The number of carbonyl (C=O) groups is 1. The number of amides is 1. The van der Waals surface area contributed by atoms with Crippen LogP contribution in [0.3, 0.4) is 0 Å². The van der Waals surface area contributed by atoms with Crippen molar-refractivity contribution in [2.45, 2.75) is 19.4 Å². The van der Waals surface area contributed by atoms with E-state index in [0.717, 1.165) is 5.56 Å². The second-order valence-corrected chi connectivity index (χ2v) is 4.45. The average molecular weight is 246 g/mol. The highest BCUT2D eigenvalue weighted by atomic mass is 16.5. The van der Waals surface area contributed by atoms with Crippen LogP contribution in [0, 0.1) is 0 Å². The first-order valence-corrected chi connectivity index (χ1v) is 5.52. The van der Waals surface area contributed by atoms with Crippen LogP contribution in [0.5, 0.6) is 0 Å². The predicted molar refractivity (Wildman–Crippen MR) is 66.9 cm³/mol. The Labute approximate surface area is 104 Å². The van der Waals surface area contributed by atoms with Crippen LogP contribution >= 0.6 is 0 Å². The van der Waals surface area contributed by atoms with Crippen molar-refractivity contribution >= 4 is 11.8 Å². The number of hydrogen-bond acceptors (Lipinski definition) is 4. The van der Waals surface area contributed by atoms with Gasteiger partial charge in [0.15, 0.2) is 0 Å². The van der Waals surface area contributed by atoms with Gasteiger partial charge in [-0.3, -0.25) is 10.1 Å². The predicted octanol–water partition coefficient (Wildman–Crippen LogP) is 2.05. The van der Waals surface area contributed by atoms with E-state index in [1.54, 1.807) is 0 Å². The lowest BCUT2D eigenvalue weighted by Crippen LogP contribution is -2.36. The van der Waals surface area contributed by atoms with Crippen LogP contribution in [-0.2, 0) is 4.79 Å². The van der Waals surface area contributed by atoms with E-state index in [9.17, 15) is 9.90 Å². The second-order valence-electron chi connectivity index (χ2n) is 4.45. The Morgan fingerprint density at radius 3 is 2.61 bits per heavy atom. The highest BCUT2D eigenvalue weighted by Crippen LogP contribution is 2.27. The van der Waals surface area contributed by atoms with Crippen molar-refractivity contribution in [1.29, 1.82) is 0 Å². The summed E-state index contributed by atoms with van der Waals surface area (Å²) in [4.78, 5) is 11.7. The standard InChI is InChI=1S/C13H14N2O3/c1-13(2,17)12(16)15-11-10(8-14-18-11)9-6-4-3-5-7-9/h3-8,17H,1-2H3,(H,15,16). The quantitative estimate of drug-likeness (QED) is 0.869. The molecular formula is C13H14N2O3. The molecule has 94 valence electrons. The topological polar surface area (TPSA) is 75.4 Å². The van der Waals surface area contributed by atoms with Crippen molar-refractivity contribution < 1.29 is 14.4 Å². The first-order valence-electron chi connectivity index (χ1n) is 5.52. The van der Waals surface area contributed by atoms with Crippen molar-refractivity contribution in [3.63, 3.8) is 0 Å². The van der Waals surface area contributed by atoms with Gasteiger partial charge in [-0.25, -0.2) is 0 Å². The Morgan fingerprint density at radius 2 is 2.00 bits per heavy atom. The van der Waals surface area contributed by atoms with Crippen LogP contribution in [0.2, 0.25) is 0 Å². The molecule has 0 atom stereocenters. The van der Waals surface area contributed by atoms with Gasteiger partial charge in [0, 0.05) is 0 Å². The molecule has 2 rings (SSSR count). The number of benzene rings is 1. The van der Waals surface area contributed by atoms with Crippen molar-refractivity contribution in [1.82, 2.24) is 5.16 Å². The normalized spacial score (nSPS) is 11.3. The van der Waals surface area contributed by atoms with Crippen LogP contribution < -0.4 is 5.32 Å². The highest BCUT2D eigenvalue weighted by molar-refractivity contribution is 5.98. The fourth-order valence-electron chi connectivity index (χ4n) is 1.41. The molecule has 5 heteroatoms. The van der Waals surface area contributed by atoms with Crippen molar-refractivity contribution in [2.75, 3.05) is 5.32 Å². The molecule has 0 saturated carbocycles. The van der Waals surface area contributed by atoms with Crippen molar-refractivity contribution in [3.05, 3.63) is 36.5 Å². The van der Waals surface area contributed by atoms with Crippen LogP contribution in [-0.4, -0.2) is 21.8 Å². The Balaban J connectivity index is 2.27. The molecule has 1 heterocycles. The van der Waals surface area contributed by atoms with Gasteiger partial charge in [0.25, 0.3) is 5.91 Å². The van der Waals surface area contributed by atoms with Gasteiger partial charge in [0.1, 0.15) is 5.60 Å². The summed E-state index contributed by atoms with van der Waals surface area (Å²) in [5.41, 5.74) is 0.0822. The van der Waals surface area contributed by atoms with Gasteiger partial charge >= 0.3 is 0 Å². The molecule has 5 nitrogen and oxygen atoms in total. The number of aliphatic hydroxyl groups is 1. The van der Waals surface area contributed by atoms with Gasteiger partial charge in [0.05, 0.1) is 11.8 Å². The third-order valence-electron chi connectivity index (χ3n) is 2.44. The van der Waals surface area contributed by atoms with Crippen LogP contribution in [0.4, 0.5) is 5.88 Å². The van der Waals surface area contributed by atoms with Crippen LogP contribution in [0.15, 0.2) is 41.1 Å². The number of nitrogens with one attached hydrogen (secondary N) is 1. The Kier molecular flexibility index (Phi) is 3.16. The Hall–Kier alpha value is -2.14. The molecule has 0 aliphatic carbocycles. The fraction of sp³-hybridized carbons (Fsp3) is 0.231. The molecule has 0 fully saturated rings. The van der Waals surface area contributed by atoms with Gasteiger partial charge in [0.2, 0.25) is 5.88 Å². The number of hydrogen-bond donors (Lipinski definition) is 2. The summed E-state index contributed by atoms with van der Waals surface area (Å²) in [5.74, 6) is -0.315. The summed E-state index contributed by atoms with van der Waals surface area (Å²) in [6, 6.07) is 9.42. The van der Waals surface area contributed by atoms with E-state index in [1.165, 1.54) is 20.0 Å². The summed E-state index contributed by atoms with van der Waals surface area (Å²) in [7, 11) is 0. The lowest BCUT2D eigenvalue weighted by molar-refractivity contribution is -0.130. The molecule has 1 amide bonds. The second kappa shape index (κ2) is 4.62. The largest absolute Gasteiger partial charge is 0.381 e. The van der Waals surface area contributed by atoms with E-state index in [0.29, 0.717) is 5.56 Å². The van der Waals surface area contributed by atoms with Gasteiger partial charge in [-0.2, -0.15) is 0 Å². The molecule has 0 bridgehead atoms. The third-order valence-corrected chi connectivity index (χ3v) is 2.44. The first kappa shape index (κ1) is 12.3. The minimum Gasteiger partial charge on any atom is -0.381 e. The summed E-state index contributed by atoms with van der Waals surface area (Å²) in [6.07, 6.45) is 1.52. The molecule has 0 saturated heterocycles. The summed E-state index contributed by atoms with van der Waals surface area (Å²) in [6.45, 7) is 2.81. The number of aromatic nitrogens is 1. The zero-order valence-electron chi connectivity index (χ0n) is 10.2. The van der Waals surface area contributed by atoms with Crippen LogP contribution in [0.1, 0.15) is 13.8 Å². The number of carbonyl (C=O) groups excluding carboxylic acids is 1. The number of anilines is 1. The summed E-state index contributed by atoms with van der Waals surface area (Å²) in [5, 5.41) is 15.7. The molecule has 0 spiro atoms. The van der Waals surface area contributed by atoms with E-state index >= 15 is 0 Å². The SMILES string of the molecule is CC(C)(O)C(=O)Nc1oncc1-c1ccccc1. The van der Waals surface area contributed by atoms with Crippen LogP contribution in [0.25, 0.3) is 11.1 Å². The van der Waals surface area contributed by atoms with E-state index in [-0.39, 0.29) is 5.88 Å². The molecule has 0 unspecified atom stereocenters. The monoisotopic (exact) mass is 246 g/mol. The highest BCUT2D eigenvalue weighted by Gasteiger charge is 2.26. The van der Waals surface area contributed by atoms with Gasteiger partial charge in [-0.15, -0.1) is 0 Å². The third kappa shape index (κ3) is 2.57. The minimum atomic E-state index is -1.47. The molecule has 18 heavy (non-hydrogen) atoms. The Morgan fingerprint density at radius 1 is 1.33 bits per heavy atom. The maximum atomic E-state index is 11.7.